The largest absolute Gasteiger partial charge is 0.389 e. The summed E-state index contributed by atoms with van der Waals surface area (Å²) in [7, 11) is 0. The van der Waals surface area contributed by atoms with Gasteiger partial charge in [-0.3, -0.25) is 4.79 Å². The Kier molecular flexibility index (Phi) is 6.72. The van der Waals surface area contributed by atoms with E-state index in [-0.39, 0.29) is 19.1 Å². The smallest absolute Gasteiger partial charge is 0.251 e. The van der Waals surface area contributed by atoms with E-state index in [1.165, 1.54) is 0 Å². The van der Waals surface area contributed by atoms with Gasteiger partial charge in [0, 0.05) is 5.56 Å². The molecule has 0 aliphatic rings. The molecule has 1 amide bonds. The highest BCUT2D eigenvalue weighted by Crippen LogP contribution is 2.17. The van der Waals surface area contributed by atoms with Crippen molar-refractivity contribution >= 4 is 16.9 Å². The van der Waals surface area contributed by atoms with E-state index in [0.29, 0.717) is 24.5 Å². The Balaban J connectivity index is 1.42. The van der Waals surface area contributed by atoms with Crippen molar-refractivity contribution in [1.29, 1.82) is 0 Å². The third-order valence-electron chi connectivity index (χ3n) is 4.99. The molecule has 6 heteroatoms. The molecule has 0 fully saturated rings. The minimum absolute atomic E-state index is 0.161. The molecule has 3 aromatic carbocycles. The number of hydrogen-bond donors (Lipinski definition) is 2. The van der Waals surface area contributed by atoms with Crippen molar-refractivity contribution in [1.82, 2.24) is 14.9 Å². The molecule has 6 nitrogen and oxygen atoms in total. The van der Waals surface area contributed by atoms with Gasteiger partial charge in [-0.25, -0.2) is 4.98 Å². The minimum atomic E-state index is -0.704. The van der Waals surface area contributed by atoms with E-state index in [1.54, 1.807) is 12.1 Å². The second-order valence-electron chi connectivity index (χ2n) is 7.33. The fourth-order valence-electron chi connectivity index (χ4n) is 3.47. The van der Waals surface area contributed by atoms with E-state index in [9.17, 15) is 9.90 Å². The van der Waals surface area contributed by atoms with Crippen molar-refractivity contribution in [2.45, 2.75) is 25.8 Å². The number of hydrogen-bond acceptors (Lipinski definition) is 4. The number of amides is 1. The van der Waals surface area contributed by atoms with Crippen LogP contribution in [0, 0.1) is 0 Å². The van der Waals surface area contributed by atoms with Gasteiger partial charge in [0.15, 0.2) is 0 Å². The lowest BCUT2D eigenvalue weighted by atomic mass is 10.2. The van der Waals surface area contributed by atoms with Crippen molar-refractivity contribution < 1.29 is 14.6 Å². The molecule has 1 aromatic heterocycles. The number of imidazole rings is 1. The molecule has 4 rings (SSSR count). The molecule has 0 bridgehead atoms. The van der Waals surface area contributed by atoms with E-state index >= 15 is 0 Å². The molecule has 0 spiro atoms. The Morgan fingerprint density at radius 1 is 0.968 bits per heavy atom. The zero-order valence-electron chi connectivity index (χ0n) is 17.1. The number of nitrogens with zero attached hydrogens (tertiary/aromatic N) is 2. The van der Waals surface area contributed by atoms with Crippen LogP contribution in [0.25, 0.3) is 11.0 Å². The Morgan fingerprint density at radius 3 is 2.42 bits per heavy atom. The van der Waals surface area contributed by atoms with Crippen LogP contribution in [-0.2, 0) is 24.4 Å². The predicted molar refractivity (Wildman–Crippen MR) is 119 cm³/mol. The maximum absolute atomic E-state index is 12.4. The number of fused-ring (bicyclic) bond motifs is 1. The molecule has 0 saturated heterocycles. The Bertz CT molecular complexity index is 1130. The van der Waals surface area contributed by atoms with Crippen molar-refractivity contribution in [2.24, 2.45) is 0 Å². The number of para-hydroxylation sites is 2. The van der Waals surface area contributed by atoms with Crippen LogP contribution >= 0.6 is 0 Å². The van der Waals surface area contributed by atoms with Gasteiger partial charge in [0.05, 0.1) is 43.4 Å². The summed E-state index contributed by atoms with van der Waals surface area (Å²) in [5, 5.41) is 13.5. The first-order chi connectivity index (χ1) is 15.2. The summed E-state index contributed by atoms with van der Waals surface area (Å²) in [4.78, 5) is 17.1. The van der Waals surface area contributed by atoms with Crippen LogP contribution < -0.4 is 5.32 Å². The molecular formula is C25H25N3O3. The standard InChI is InChI=1S/C25H25N3O3/c29-21(18-31-17-19-9-3-1-4-10-19)16-28-23-14-8-7-13-22(23)27-24(28)15-26-25(30)20-11-5-2-6-12-20/h1-14,21,29H,15-18H2,(H,26,30). The molecule has 158 valence electrons. The molecule has 1 heterocycles. The van der Waals surface area contributed by atoms with Gasteiger partial charge in [-0.2, -0.15) is 0 Å². The molecule has 0 aliphatic heterocycles. The number of ether oxygens (including phenoxy) is 1. The number of aliphatic hydroxyl groups excluding tert-OH is 1. The van der Waals surface area contributed by atoms with Crippen LogP contribution in [0.4, 0.5) is 0 Å². The van der Waals surface area contributed by atoms with Gasteiger partial charge < -0.3 is 19.7 Å². The summed E-state index contributed by atoms with van der Waals surface area (Å²) in [6, 6.07) is 26.7. The second kappa shape index (κ2) is 10.0. The van der Waals surface area contributed by atoms with E-state index < -0.39 is 6.10 Å². The van der Waals surface area contributed by atoms with Crippen LogP contribution in [0.15, 0.2) is 84.9 Å². The monoisotopic (exact) mass is 415 g/mol. The Labute approximate surface area is 181 Å². The van der Waals surface area contributed by atoms with Crippen molar-refractivity contribution in [3.63, 3.8) is 0 Å². The SMILES string of the molecule is O=C(NCc1nc2ccccc2n1CC(O)COCc1ccccc1)c1ccccc1. The van der Waals surface area contributed by atoms with E-state index in [4.69, 9.17) is 4.74 Å². The van der Waals surface area contributed by atoms with Crippen molar-refractivity contribution in [3.05, 3.63) is 102 Å². The summed E-state index contributed by atoms with van der Waals surface area (Å²) in [6.07, 6.45) is -0.704. The Hall–Kier alpha value is -3.48. The lowest BCUT2D eigenvalue weighted by molar-refractivity contribution is 0.0205. The number of carbonyl (C=O) groups is 1. The van der Waals surface area contributed by atoms with Crippen molar-refractivity contribution in [3.8, 4) is 0 Å². The van der Waals surface area contributed by atoms with E-state index in [1.807, 2.05) is 77.4 Å². The highest BCUT2D eigenvalue weighted by atomic mass is 16.5. The first-order valence-electron chi connectivity index (χ1n) is 10.3. The lowest BCUT2D eigenvalue weighted by Crippen LogP contribution is -2.27. The zero-order chi connectivity index (χ0) is 21.5. The van der Waals surface area contributed by atoms with Gasteiger partial charge >= 0.3 is 0 Å². The topological polar surface area (TPSA) is 76.4 Å². The average Bonchev–Trinajstić information content (AvgIpc) is 3.16. The van der Waals surface area contributed by atoms with Gasteiger partial charge in [-0.05, 0) is 29.8 Å². The molecule has 1 unspecified atom stereocenters. The van der Waals surface area contributed by atoms with Gasteiger partial charge in [-0.1, -0.05) is 60.7 Å². The molecular weight excluding hydrogens is 390 g/mol. The summed E-state index contributed by atoms with van der Waals surface area (Å²) in [5.41, 5.74) is 3.39. The molecule has 1 atom stereocenters. The number of nitrogens with one attached hydrogen (secondary N) is 1. The first kappa shape index (κ1) is 20.8. The normalized spacial score (nSPS) is 12.0. The van der Waals surface area contributed by atoms with Crippen LogP contribution in [0.3, 0.4) is 0 Å². The molecule has 0 radical (unpaired) electrons. The number of rotatable bonds is 9. The molecule has 31 heavy (non-hydrogen) atoms. The molecule has 0 aliphatic carbocycles. The van der Waals surface area contributed by atoms with E-state index in [0.717, 1.165) is 16.6 Å². The fraction of sp³-hybridized carbons (Fsp3) is 0.200. The van der Waals surface area contributed by atoms with Gasteiger partial charge in [-0.15, -0.1) is 0 Å². The third kappa shape index (κ3) is 5.36. The van der Waals surface area contributed by atoms with Crippen LogP contribution in [0.1, 0.15) is 21.7 Å². The molecule has 4 aromatic rings. The molecule has 0 saturated carbocycles. The number of benzene rings is 3. The Morgan fingerprint density at radius 2 is 1.65 bits per heavy atom. The maximum atomic E-state index is 12.4. The second-order valence-corrected chi connectivity index (χ2v) is 7.33. The minimum Gasteiger partial charge on any atom is -0.389 e. The molecule has 2 N–H and O–H groups in total. The first-order valence-corrected chi connectivity index (χ1v) is 10.3. The van der Waals surface area contributed by atoms with Crippen LogP contribution in [-0.4, -0.2) is 33.3 Å². The summed E-state index contributed by atoms with van der Waals surface area (Å²) in [5.74, 6) is 0.526. The third-order valence-corrected chi connectivity index (χ3v) is 4.99. The number of carbonyl (C=O) groups excluding carboxylic acids is 1. The average molecular weight is 415 g/mol. The van der Waals surface area contributed by atoms with Gasteiger partial charge in [0.2, 0.25) is 0 Å². The fourth-order valence-corrected chi connectivity index (χ4v) is 3.47. The maximum Gasteiger partial charge on any atom is 0.251 e. The van der Waals surface area contributed by atoms with Crippen LogP contribution in [0.2, 0.25) is 0 Å². The quantitative estimate of drug-likeness (QED) is 0.438. The van der Waals surface area contributed by atoms with Gasteiger partial charge in [0.1, 0.15) is 5.82 Å². The summed E-state index contributed by atoms with van der Waals surface area (Å²) < 4.78 is 7.63. The number of aliphatic hydroxyl groups is 1. The number of aromatic nitrogens is 2. The van der Waals surface area contributed by atoms with Gasteiger partial charge in [0.25, 0.3) is 5.91 Å². The highest BCUT2D eigenvalue weighted by molar-refractivity contribution is 5.94. The zero-order valence-corrected chi connectivity index (χ0v) is 17.1. The summed E-state index contributed by atoms with van der Waals surface area (Å²) >= 11 is 0. The predicted octanol–water partition coefficient (Wildman–Crippen LogP) is 3.54. The van der Waals surface area contributed by atoms with E-state index in [2.05, 4.69) is 10.3 Å². The highest BCUT2D eigenvalue weighted by Gasteiger charge is 2.15. The summed E-state index contributed by atoms with van der Waals surface area (Å²) in [6.45, 7) is 1.24. The van der Waals surface area contributed by atoms with Crippen molar-refractivity contribution in [2.75, 3.05) is 6.61 Å². The lowest BCUT2D eigenvalue weighted by Gasteiger charge is -2.15. The van der Waals surface area contributed by atoms with Crippen LogP contribution in [0.5, 0.6) is 0 Å².